The van der Waals surface area contributed by atoms with Crippen LogP contribution in [0.4, 0.5) is 0 Å². The van der Waals surface area contributed by atoms with E-state index in [0.717, 1.165) is 61.3 Å². The van der Waals surface area contributed by atoms with Gasteiger partial charge in [-0.2, -0.15) is 10.3 Å². The first kappa shape index (κ1) is 52.5. The normalized spacial score (nSPS) is 9.10. The van der Waals surface area contributed by atoms with Gasteiger partial charge in [-0.1, -0.05) is 121 Å². The molecule has 0 unspecified atom stereocenters. The van der Waals surface area contributed by atoms with Crippen molar-refractivity contribution < 1.29 is 74.0 Å². The van der Waals surface area contributed by atoms with E-state index in [1.165, 1.54) is 10.3 Å². The molecule has 0 bridgehead atoms. The molecule has 4 aromatic carbocycles. The van der Waals surface area contributed by atoms with Crippen molar-refractivity contribution in [3.8, 4) is 23.0 Å². The minimum absolute atomic E-state index is 0. The van der Waals surface area contributed by atoms with E-state index >= 15 is 0 Å². The maximum absolute atomic E-state index is 11.5. The van der Waals surface area contributed by atoms with Crippen molar-refractivity contribution in [3.63, 3.8) is 0 Å². The minimum atomic E-state index is 0. The molecule has 0 fully saturated rings. The molecule has 0 aliphatic heterocycles. The molecule has 0 heterocycles. The van der Waals surface area contributed by atoms with Gasteiger partial charge in [0.1, 0.15) is 0 Å². The number of thiocarbonyl (C=S) groups is 2. The molecule has 274 valence electrons. The van der Waals surface area contributed by atoms with E-state index in [0.29, 0.717) is 26.2 Å². The maximum atomic E-state index is 11.5. The number of rotatable bonds is 16. The largest absolute Gasteiger partial charge is 2.00 e. The molecule has 0 atom stereocenters. The molecule has 0 amide bonds. The Kier molecular flexibility index (Phi) is 36.7. The van der Waals surface area contributed by atoms with Gasteiger partial charge in [-0.3, -0.25) is 0 Å². The van der Waals surface area contributed by atoms with E-state index in [9.17, 15) is 20.4 Å². The Hall–Kier alpha value is -2.82. The molecule has 4 rings (SSSR count). The van der Waals surface area contributed by atoms with Crippen LogP contribution in [0.5, 0.6) is 23.0 Å². The van der Waals surface area contributed by atoms with Crippen molar-refractivity contribution in [1.82, 2.24) is 21.3 Å². The summed E-state index contributed by atoms with van der Waals surface area (Å²) >= 11 is 7.40. The monoisotopic (exact) mass is 874 g/mol. The van der Waals surface area contributed by atoms with Crippen LogP contribution in [0.3, 0.4) is 0 Å². The van der Waals surface area contributed by atoms with Crippen molar-refractivity contribution in [2.75, 3.05) is 26.2 Å². The summed E-state index contributed by atoms with van der Waals surface area (Å²) in [6.45, 7) is 5.74. The predicted molar refractivity (Wildman–Crippen MR) is 192 cm³/mol. The molecule has 2 radical (unpaired) electrons. The second-order valence-corrected chi connectivity index (χ2v) is 10.4. The molecular weight excluding hydrogens is 837 g/mol. The van der Waals surface area contributed by atoms with Gasteiger partial charge in [0.05, 0.1) is 0 Å². The van der Waals surface area contributed by atoms with Crippen molar-refractivity contribution in [1.29, 1.82) is 0 Å². The van der Waals surface area contributed by atoms with Gasteiger partial charge >= 0.3 is 53.6 Å². The molecular formula is C36H40Cu2N6O4S2Zn. The average Bonchev–Trinajstić information content (AvgIpc) is 3.08. The third-order valence-electron chi connectivity index (χ3n) is 6.57. The Bertz CT molecular complexity index is 1320. The van der Waals surface area contributed by atoms with Gasteiger partial charge in [0.25, 0.3) is 0 Å². The fraction of sp³-hybridized carbons (Fsp3) is 0.278. The van der Waals surface area contributed by atoms with Crippen LogP contribution >= 0.6 is 24.4 Å². The van der Waals surface area contributed by atoms with E-state index in [2.05, 4.69) is 45.7 Å². The molecule has 0 saturated carbocycles. The Labute approximate surface area is 346 Å². The van der Waals surface area contributed by atoms with Crippen molar-refractivity contribution in [2.45, 2.75) is 39.0 Å². The summed E-state index contributed by atoms with van der Waals surface area (Å²) < 4.78 is 0. The van der Waals surface area contributed by atoms with E-state index in [1.54, 1.807) is 48.5 Å². The van der Waals surface area contributed by atoms with Crippen LogP contribution in [-0.4, -0.2) is 36.5 Å². The summed E-state index contributed by atoms with van der Waals surface area (Å²) in [5.41, 5.74) is 3.19. The molecule has 0 saturated heterocycles. The number of benzene rings is 4. The molecule has 0 aromatic heterocycles. The van der Waals surface area contributed by atoms with Gasteiger partial charge in [-0.25, -0.2) is 0 Å². The maximum Gasteiger partial charge on any atom is 2.00 e. The van der Waals surface area contributed by atoms with Crippen LogP contribution in [0.2, 0.25) is 0 Å². The Morgan fingerprint density at radius 1 is 0.431 bits per heavy atom. The molecule has 0 aliphatic carbocycles. The molecule has 4 aromatic rings. The van der Waals surface area contributed by atoms with E-state index in [-0.39, 0.29) is 76.6 Å². The first-order chi connectivity index (χ1) is 23.4. The van der Waals surface area contributed by atoms with E-state index in [4.69, 9.17) is 10.8 Å². The third kappa shape index (κ3) is 25.7. The van der Waals surface area contributed by atoms with Crippen molar-refractivity contribution >= 4 is 34.8 Å². The number of isothiocyanates is 2. The van der Waals surface area contributed by atoms with Crippen LogP contribution in [0.1, 0.15) is 35.1 Å². The molecule has 0 spiro atoms. The number of hydrogen-bond donors (Lipinski definition) is 4. The van der Waals surface area contributed by atoms with Gasteiger partial charge in [0.2, 0.25) is 0 Å². The van der Waals surface area contributed by atoms with Crippen molar-refractivity contribution in [3.05, 3.63) is 130 Å². The topological polar surface area (TPSA) is 185 Å². The van der Waals surface area contributed by atoms with E-state index in [1.807, 2.05) is 48.5 Å². The Balaban J connectivity index is -0.000000744. The second-order valence-electron chi connectivity index (χ2n) is 10.0. The summed E-state index contributed by atoms with van der Waals surface area (Å²) in [6, 6.07) is 28.2. The van der Waals surface area contributed by atoms with Gasteiger partial charge < -0.3 is 52.5 Å². The van der Waals surface area contributed by atoms with Gasteiger partial charge in [0.15, 0.2) is 0 Å². The third-order valence-corrected chi connectivity index (χ3v) is 6.57. The molecule has 51 heavy (non-hydrogen) atoms. The zero-order valence-electron chi connectivity index (χ0n) is 28.0. The molecule has 0 aliphatic rings. The smallest absolute Gasteiger partial charge is 0.872 e. The first-order valence-corrected chi connectivity index (χ1v) is 16.0. The molecule has 4 N–H and O–H groups in total. The van der Waals surface area contributed by atoms with Gasteiger partial charge in [-0.05, 0) is 61.3 Å². The summed E-state index contributed by atoms with van der Waals surface area (Å²) in [6.07, 6.45) is 1.89. The number of hydrogen-bond acceptors (Lipinski definition) is 10. The van der Waals surface area contributed by atoms with Crippen LogP contribution < -0.4 is 41.7 Å². The SMILES string of the molecule is [Cu+2].[Cu+2].[N-]=C=S.[N-]=C=S.[O-]c1ccccc1CNCCCNCc1ccccc1[O-].[O-]c1ccccc1CNCCCNCc1ccccc1[O-].[Zn+2]. The minimum Gasteiger partial charge on any atom is -0.872 e. The average molecular weight is 877 g/mol. The zero-order valence-corrected chi connectivity index (χ0v) is 34.4. The summed E-state index contributed by atoms with van der Waals surface area (Å²) in [5.74, 6) is 0.315. The van der Waals surface area contributed by atoms with Crippen molar-refractivity contribution in [2.24, 2.45) is 0 Å². The van der Waals surface area contributed by atoms with Crippen LogP contribution in [0, 0.1) is 0 Å². The van der Waals surface area contributed by atoms with Crippen LogP contribution in [0.15, 0.2) is 97.1 Å². The summed E-state index contributed by atoms with van der Waals surface area (Å²) in [5, 5.41) is 75.9. The molecule has 15 heteroatoms. The summed E-state index contributed by atoms with van der Waals surface area (Å²) in [7, 11) is 0. The van der Waals surface area contributed by atoms with Gasteiger partial charge in [-0.15, -0.1) is 23.0 Å². The number of para-hydroxylation sites is 4. The van der Waals surface area contributed by atoms with E-state index < -0.39 is 0 Å². The van der Waals surface area contributed by atoms with Gasteiger partial charge in [0, 0.05) is 26.2 Å². The number of nitrogens with zero attached hydrogens (tertiary/aromatic N) is 2. The number of nitrogens with one attached hydrogen (secondary N) is 4. The van der Waals surface area contributed by atoms with Crippen LogP contribution in [0.25, 0.3) is 10.8 Å². The summed E-state index contributed by atoms with van der Waals surface area (Å²) in [4.78, 5) is 0. The fourth-order valence-corrected chi connectivity index (χ4v) is 4.17. The fourth-order valence-electron chi connectivity index (χ4n) is 4.17. The molecule has 10 nitrogen and oxygen atoms in total. The zero-order chi connectivity index (χ0) is 35.2. The Morgan fingerprint density at radius 2 is 0.608 bits per heavy atom. The predicted octanol–water partition coefficient (Wildman–Crippen LogP) is 3.52. The second kappa shape index (κ2) is 35.6. The van der Waals surface area contributed by atoms with Crippen LogP contribution in [-0.2, 0) is 79.8 Å². The standard InChI is InChI=1S/2C17H22N2O2.2CNS.2Cu.Zn/c2*20-16-8-3-1-6-14(16)12-18-10-5-11-19-13-15-7-2-4-9-17(15)21;2*2-1-3;;;/h2*1-4,6-9,18-21H,5,10-13H2;;;;;/q;;2*-1;3*+2/p-4. The quantitative estimate of drug-likeness (QED) is 0.0563. The first-order valence-electron chi connectivity index (χ1n) is 15.2. The Morgan fingerprint density at radius 3 is 0.784 bits per heavy atom.